The van der Waals surface area contributed by atoms with Gasteiger partial charge in [-0.15, -0.1) is 0 Å². The summed E-state index contributed by atoms with van der Waals surface area (Å²) in [6.07, 6.45) is 0. The van der Waals surface area contributed by atoms with Crippen molar-refractivity contribution in [2.24, 2.45) is 5.84 Å². The van der Waals surface area contributed by atoms with Crippen molar-refractivity contribution in [1.82, 2.24) is 0 Å². The van der Waals surface area contributed by atoms with Crippen LogP contribution in [0.5, 0.6) is 0 Å². The van der Waals surface area contributed by atoms with Crippen LogP contribution in [0.2, 0.25) is 0 Å². The molecule has 2 rings (SSSR count). The topological polar surface area (TPSA) is 58.4 Å². The van der Waals surface area contributed by atoms with Crippen molar-refractivity contribution in [3.63, 3.8) is 0 Å². The van der Waals surface area contributed by atoms with Gasteiger partial charge in [0.2, 0.25) is 0 Å². The highest BCUT2D eigenvalue weighted by atomic mass is 19.1. The third-order valence-corrected chi connectivity index (χ3v) is 3.08. The average molecular weight is 273 g/mol. The van der Waals surface area contributed by atoms with Gasteiger partial charge >= 0.3 is 0 Å². The Morgan fingerprint density at radius 1 is 1.25 bits per heavy atom. The third-order valence-electron chi connectivity index (χ3n) is 3.08. The second kappa shape index (κ2) is 5.71. The molecule has 0 unspecified atom stereocenters. The Kier molecular flexibility index (Phi) is 4.00. The van der Waals surface area contributed by atoms with Gasteiger partial charge in [-0.1, -0.05) is 23.8 Å². The number of anilines is 2. The van der Waals surface area contributed by atoms with Gasteiger partial charge in [-0.25, -0.2) is 4.39 Å². The summed E-state index contributed by atoms with van der Waals surface area (Å²) in [5, 5.41) is 0. The van der Waals surface area contributed by atoms with Crippen LogP contribution in [0.15, 0.2) is 42.5 Å². The molecule has 0 bridgehead atoms. The summed E-state index contributed by atoms with van der Waals surface area (Å²) < 4.78 is 13.7. The molecule has 0 spiro atoms. The van der Waals surface area contributed by atoms with E-state index in [9.17, 15) is 9.18 Å². The minimum atomic E-state index is -0.446. The molecule has 0 saturated heterocycles. The number of hydrogen-bond donors (Lipinski definition) is 2. The monoisotopic (exact) mass is 273 g/mol. The molecule has 5 heteroatoms. The van der Waals surface area contributed by atoms with E-state index in [1.807, 2.05) is 13.0 Å². The predicted molar refractivity (Wildman–Crippen MR) is 78.1 cm³/mol. The van der Waals surface area contributed by atoms with E-state index in [1.54, 1.807) is 30.3 Å². The predicted octanol–water partition coefficient (Wildman–Crippen LogP) is 2.70. The number of carbonyl (C=O) groups excluding carboxylic acids is 1. The number of nitrogen functional groups attached to an aromatic ring is 1. The fourth-order valence-electron chi connectivity index (χ4n) is 1.97. The van der Waals surface area contributed by atoms with E-state index in [4.69, 9.17) is 5.84 Å². The highest BCUT2D eigenvalue weighted by Crippen LogP contribution is 2.23. The minimum absolute atomic E-state index is 0.224. The van der Waals surface area contributed by atoms with E-state index in [0.29, 0.717) is 11.3 Å². The zero-order valence-electron chi connectivity index (χ0n) is 11.4. The van der Waals surface area contributed by atoms with Gasteiger partial charge in [-0.2, -0.15) is 0 Å². The maximum absolute atomic E-state index is 13.7. The smallest absolute Gasteiger partial charge is 0.260 e. The van der Waals surface area contributed by atoms with Gasteiger partial charge < -0.3 is 10.3 Å². The molecule has 3 N–H and O–H groups in total. The Morgan fingerprint density at radius 3 is 2.60 bits per heavy atom. The molecular weight excluding hydrogens is 257 g/mol. The Balaban J connectivity index is 2.41. The average Bonchev–Trinajstić information content (AvgIpc) is 2.46. The quantitative estimate of drug-likeness (QED) is 0.667. The number of benzene rings is 2. The molecule has 0 aliphatic heterocycles. The number of para-hydroxylation sites is 1. The van der Waals surface area contributed by atoms with E-state index in [2.05, 4.69) is 5.43 Å². The van der Waals surface area contributed by atoms with Crippen LogP contribution >= 0.6 is 0 Å². The number of halogens is 1. The largest absolute Gasteiger partial charge is 0.323 e. The molecule has 1 amide bonds. The fraction of sp³-hybridized carbons (Fsp3) is 0.133. The number of nitrogens with one attached hydrogen (secondary N) is 1. The van der Waals surface area contributed by atoms with E-state index < -0.39 is 5.82 Å². The van der Waals surface area contributed by atoms with Crippen molar-refractivity contribution in [1.29, 1.82) is 0 Å². The maximum atomic E-state index is 13.7. The van der Waals surface area contributed by atoms with Crippen molar-refractivity contribution in [2.45, 2.75) is 6.92 Å². The van der Waals surface area contributed by atoms with Crippen LogP contribution in [-0.4, -0.2) is 13.0 Å². The second-order valence-electron chi connectivity index (χ2n) is 4.51. The molecule has 0 heterocycles. The Labute approximate surface area is 117 Å². The lowest BCUT2D eigenvalue weighted by atomic mass is 10.1. The number of rotatable bonds is 3. The summed E-state index contributed by atoms with van der Waals surface area (Å²) in [6.45, 7) is 1.88. The lowest BCUT2D eigenvalue weighted by molar-refractivity contribution is 0.0993. The van der Waals surface area contributed by atoms with E-state index in [-0.39, 0.29) is 11.6 Å². The van der Waals surface area contributed by atoms with Crippen molar-refractivity contribution in [3.8, 4) is 0 Å². The lowest BCUT2D eigenvalue weighted by Gasteiger charge is -2.20. The highest BCUT2D eigenvalue weighted by molar-refractivity contribution is 6.09. The summed E-state index contributed by atoms with van der Waals surface area (Å²) in [6, 6.07) is 11.4. The fourth-order valence-corrected chi connectivity index (χ4v) is 1.97. The first-order valence-corrected chi connectivity index (χ1v) is 6.14. The molecule has 0 aliphatic rings. The number of nitrogens with two attached hydrogens (primary N) is 1. The van der Waals surface area contributed by atoms with Gasteiger partial charge in [-0.05, 0) is 31.2 Å². The summed E-state index contributed by atoms with van der Waals surface area (Å²) in [5.41, 5.74) is 4.54. The molecule has 0 radical (unpaired) electrons. The molecular formula is C15H16FN3O. The molecule has 0 saturated carbocycles. The number of carbonyl (C=O) groups is 1. The Morgan fingerprint density at radius 2 is 1.95 bits per heavy atom. The molecule has 0 fully saturated rings. The van der Waals surface area contributed by atoms with Crippen molar-refractivity contribution in [3.05, 3.63) is 59.4 Å². The van der Waals surface area contributed by atoms with Crippen LogP contribution < -0.4 is 16.2 Å². The molecule has 0 aliphatic carbocycles. The summed E-state index contributed by atoms with van der Waals surface area (Å²) in [7, 11) is 1.53. The molecule has 104 valence electrons. The number of aryl methyl sites for hydroxylation is 1. The van der Waals surface area contributed by atoms with Crippen LogP contribution in [0.3, 0.4) is 0 Å². The van der Waals surface area contributed by atoms with Crippen molar-refractivity contribution >= 4 is 17.3 Å². The first kappa shape index (κ1) is 14.0. The van der Waals surface area contributed by atoms with Gasteiger partial charge in [-0.3, -0.25) is 10.6 Å². The van der Waals surface area contributed by atoms with Crippen LogP contribution in [0, 0.1) is 12.7 Å². The Hall–Kier alpha value is -2.40. The molecule has 0 aromatic heterocycles. The third kappa shape index (κ3) is 2.62. The first-order valence-electron chi connectivity index (χ1n) is 6.14. The maximum Gasteiger partial charge on any atom is 0.260 e. The highest BCUT2D eigenvalue weighted by Gasteiger charge is 2.19. The summed E-state index contributed by atoms with van der Waals surface area (Å²) >= 11 is 0. The van der Waals surface area contributed by atoms with Crippen molar-refractivity contribution < 1.29 is 9.18 Å². The number of hydrogen-bond acceptors (Lipinski definition) is 3. The first-order chi connectivity index (χ1) is 9.54. The van der Waals surface area contributed by atoms with Gasteiger partial charge in [0.05, 0.1) is 16.9 Å². The van der Waals surface area contributed by atoms with Gasteiger partial charge in [0.1, 0.15) is 5.82 Å². The molecule has 2 aromatic rings. The molecule has 2 aromatic carbocycles. The molecule has 0 atom stereocenters. The zero-order valence-corrected chi connectivity index (χ0v) is 11.4. The van der Waals surface area contributed by atoms with Crippen LogP contribution in [0.1, 0.15) is 15.9 Å². The van der Waals surface area contributed by atoms with Gasteiger partial charge in [0.25, 0.3) is 5.91 Å². The minimum Gasteiger partial charge on any atom is -0.323 e. The molecule has 20 heavy (non-hydrogen) atoms. The summed E-state index contributed by atoms with van der Waals surface area (Å²) in [5.74, 6) is 4.64. The van der Waals surface area contributed by atoms with Crippen LogP contribution in [0.25, 0.3) is 0 Å². The number of nitrogens with zero attached hydrogens (tertiary/aromatic N) is 1. The van der Waals surface area contributed by atoms with Gasteiger partial charge in [0.15, 0.2) is 0 Å². The second-order valence-corrected chi connectivity index (χ2v) is 4.51. The van der Waals surface area contributed by atoms with E-state index in [1.165, 1.54) is 18.0 Å². The zero-order chi connectivity index (χ0) is 14.7. The van der Waals surface area contributed by atoms with Crippen molar-refractivity contribution in [2.75, 3.05) is 17.4 Å². The summed E-state index contributed by atoms with van der Waals surface area (Å²) in [4.78, 5) is 13.8. The molecule has 4 nitrogen and oxygen atoms in total. The normalized spacial score (nSPS) is 10.2. The van der Waals surface area contributed by atoms with Crippen LogP contribution in [0.4, 0.5) is 15.8 Å². The number of amides is 1. The van der Waals surface area contributed by atoms with E-state index >= 15 is 0 Å². The lowest BCUT2D eigenvalue weighted by Crippen LogP contribution is -2.28. The standard InChI is InChI=1S/C15H16FN3O/c1-10-7-8-13(18-17)11(9-10)15(20)19(2)14-6-4-3-5-12(14)16/h3-9,18H,17H2,1-2H3. The van der Waals surface area contributed by atoms with Crippen LogP contribution in [-0.2, 0) is 0 Å². The Bertz CT molecular complexity index is 643. The van der Waals surface area contributed by atoms with E-state index in [0.717, 1.165) is 5.56 Å². The van der Waals surface area contributed by atoms with Gasteiger partial charge in [0, 0.05) is 7.05 Å². The number of hydrazine groups is 1. The SMILES string of the molecule is Cc1ccc(NN)c(C(=O)N(C)c2ccccc2F)c1.